The number of nitrogens with zero attached hydrogens (tertiary/aromatic N) is 1. The van der Waals surface area contributed by atoms with Gasteiger partial charge in [0.05, 0.1) is 11.1 Å². The van der Waals surface area contributed by atoms with Gasteiger partial charge in [-0.2, -0.15) is 0 Å². The standard InChI is InChI=1S/C13H14F3NO/c1-6-8(12-17-13(3,4)5-18-12)9(14)7(2)11(16)10(6)15/h5H2,1-4H3. The second kappa shape index (κ2) is 4.00. The number of ether oxygens (including phenoxy) is 1. The van der Waals surface area contributed by atoms with Gasteiger partial charge in [-0.25, -0.2) is 18.2 Å². The molecule has 0 N–H and O–H groups in total. The summed E-state index contributed by atoms with van der Waals surface area (Å²) in [6, 6.07) is 0. The van der Waals surface area contributed by atoms with Gasteiger partial charge in [-0.3, -0.25) is 0 Å². The fourth-order valence-corrected chi connectivity index (χ4v) is 1.85. The Labute approximate surface area is 103 Å². The zero-order valence-corrected chi connectivity index (χ0v) is 10.7. The Morgan fingerprint density at radius 2 is 1.56 bits per heavy atom. The van der Waals surface area contributed by atoms with E-state index in [1.165, 1.54) is 13.8 Å². The molecule has 2 nitrogen and oxygen atoms in total. The van der Waals surface area contributed by atoms with Gasteiger partial charge in [-0.05, 0) is 27.7 Å². The summed E-state index contributed by atoms with van der Waals surface area (Å²) in [5.74, 6) is -2.99. The monoisotopic (exact) mass is 257 g/mol. The lowest BCUT2D eigenvalue weighted by molar-refractivity contribution is 0.278. The van der Waals surface area contributed by atoms with Gasteiger partial charge in [0.15, 0.2) is 11.6 Å². The van der Waals surface area contributed by atoms with Crippen molar-refractivity contribution in [2.75, 3.05) is 6.61 Å². The Bertz CT molecular complexity index is 521. The summed E-state index contributed by atoms with van der Waals surface area (Å²) in [6.07, 6.45) is 0. The van der Waals surface area contributed by atoms with Gasteiger partial charge >= 0.3 is 0 Å². The molecule has 18 heavy (non-hydrogen) atoms. The highest BCUT2D eigenvalue weighted by Gasteiger charge is 2.32. The van der Waals surface area contributed by atoms with Crippen LogP contribution in [-0.2, 0) is 4.74 Å². The van der Waals surface area contributed by atoms with Crippen LogP contribution >= 0.6 is 0 Å². The van der Waals surface area contributed by atoms with Gasteiger partial charge in [-0.1, -0.05) is 0 Å². The number of hydrogen-bond donors (Lipinski definition) is 0. The molecule has 0 atom stereocenters. The van der Waals surface area contributed by atoms with E-state index in [9.17, 15) is 13.2 Å². The molecule has 0 fully saturated rings. The number of aliphatic imine (C=N–C) groups is 1. The maximum absolute atomic E-state index is 14.0. The molecule has 0 saturated heterocycles. The Balaban J connectivity index is 2.67. The minimum absolute atomic E-state index is 0.0389. The maximum atomic E-state index is 14.0. The first-order valence-electron chi connectivity index (χ1n) is 5.61. The molecule has 2 rings (SSSR count). The molecule has 0 spiro atoms. The zero-order valence-electron chi connectivity index (χ0n) is 10.7. The average molecular weight is 257 g/mol. The van der Waals surface area contributed by atoms with Gasteiger partial charge in [0.25, 0.3) is 0 Å². The maximum Gasteiger partial charge on any atom is 0.220 e. The average Bonchev–Trinajstić information content (AvgIpc) is 2.64. The van der Waals surface area contributed by atoms with Crippen molar-refractivity contribution < 1.29 is 17.9 Å². The Morgan fingerprint density at radius 3 is 2.06 bits per heavy atom. The third kappa shape index (κ3) is 1.87. The van der Waals surface area contributed by atoms with Crippen molar-refractivity contribution in [3.05, 3.63) is 34.1 Å². The van der Waals surface area contributed by atoms with Crippen molar-refractivity contribution in [2.45, 2.75) is 33.2 Å². The van der Waals surface area contributed by atoms with Crippen LogP contribution in [0.2, 0.25) is 0 Å². The SMILES string of the molecule is Cc1c(F)c(F)c(C)c(C2=NC(C)(C)CO2)c1F. The number of rotatable bonds is 1. The lowest BCUT2D eigenvalue weighted by atomic mass is 10.0. The minimum Gasteiger partial charge on any atom is -0.475 e. The fourth-order valence-electron chi connectivity index (χ4n) is 1.85. The first kappa shape index (κ1) is 12.9. The molecule has 0 unspecified atom stereocenters. The van der Waals surface area contributed by atoms with E-state index in [4.69, 9.17) is 4.74 Å². The molecule has 98 valence electrons. The zero-order chi connectivity index (χ0) is 13.7. The second-order valence-corrected chi connectivity index (χ2v) is 5.09. The van der Waals surface area contributed by atoms with Crippen LogP contribution in [0.3, 0.4) is 0 Å². The summed E-state index contributed by atoms with van der Waals surface area (Å²) in [7, 11) is 0. The highest BCUT2D eigenvalue weighted by Crippen LogP contribution is 2.28. The van der Waals surface area contributed by atoms with Crippen molar-refractivity contribution in [2.24, 2.45) is 4.99 Å². The van der Waals surface area contributed by atoms with E-state index in [2.05, 4.69) is 4.99 Å². The molecular weight excluding hydrogens is 243 g/mol. The molecule has 0 aliphatic carbocycles. The molecule has 1 heterocycles. The molecule has 1 aliphatic rings. The van der Waals surface area contributed by atoms with Gasteiger partial charge in [0, 0.05) is 11.1 Å². The molecule has 1 aromatic rings. The summed E-state index contributed by atoms with van der Waals surface area (Å²) in [5.41, 5.74) is -1.04. The van der Waals surface area contributed by atoms with E-state index in [1.807, 2.05) is 13.8 Å². The van der Waals surface area contributed by atoms with Crippen molar-refractivity contribution in [3.8, 4) is 0 Å². The van der Waals surface area contributed by atoms with Crippen LogP contribution in [0.25, 0.3) is 0 Å². The van der Waals surface area contributed by atoms with E-state index in [0.29, 0.717) is 6.61 Å². The van der Waals surface area contributed by atoms with Crippen molar-refractivity contribution in [3.63, 3.8) is 0 Å². The lowest BCUT2D eigenvalue weighted by Crippen LogP contribution is -2.17. The normalized spacial score (nSPS) is 17.6. The summed E-state index contributed by atoms with van der Waals surface area (Å²) < 4.78 is 46.3. The number of halogens is 3. The summed E-state index contributed by atoms with van der Waals surface area (Å²) in [5, 5.41) is 0. The highest BCUT2D eigenvalue weighted by atomic mass is 19.2. The van der Waals surface area contributed by atoms with Crippen LogP contribution in [0.4, 0.5) is 13.2 Å². The Kier molecular flexibility index (Phi) is 2.87. The topological polar surface area (TPSA) is 21.6 Å². The van der Waals surface area contributed by atoms with E-state index in [-0.39, 0.29) is 22.6 Å². The quantitative estimate of drug-likeness (QED) is 0.707. The van der Waals surface area contributed by atoms with E-state index in [0.717, 1.165) is 0 Å². The molecule has 1 aromatic carbocycles. The van der Waals surface area contributed by atoms with Gasteiger partial charge in [0.2, 0.25) is 5.90 Å². The van der Waals surface area contributed by atoms with Crippen LogP contribution < -0.4 is 0 Å². The molecule has 0 bridgehead atoms. The van der Waals surface area contributed by atoms with Crippen molar-refractivity contribution in [1.82, 2.24) is 0 Å². The predicted molar refractivity (Wildman–Crippen MR) is 62.4 cm³/mol. The van der Waals surface area contributed by atoms with Gasteiger partial charge in [0.1, 0.15) is 12.4 Å². The van der Waals surface area contributed by atoms with Gasteiger partial charge in [-0.15, -0.1) is 0 Å². The third-order valence-electron chi connectivity index (χ3n) is 2.96. The van der Waals surface area contributed by atoms with Crippen LogP contribution in [0.5, 0.6) is 0 Å². The first-order chi connectivity index (χ1) is 8.24. The van der Waals surface area contributed by atoms with E-state index < -0.39 is 23.0 Å². The number of benzene rings is 1. The van der Waals surface area contributed by atoms with E-state index in [1.54, 1.807) is 0 Å². The largest absolute Gasteiger partial charge is 0.475 e. The first-order valence-corrected chi connectivity index (χ1v) is 5.61. The van der Waals surface area contributed by atoms with Crippen molar-refractivity contribution in [1.29, 1.82) is 0 Å². The summed E-state index contributed by atoms with van der Waals surface area (Å²) >= 11 is 0. The molecular formula is C13H14F3NO. The lowest BCUT2D eigenvalue weighted by Gasteiger charge is -2.11. The third-order valence-corrected chi connectivity index (χ3v) is 2.96. The molecule has 0 radical (unpaired) electrons. The van der Waals surface area contributed by atoms with Crippen molar-refractivity contribution >= 4 is 5.90 Å². The summed E-state index contributed by atoms with van der Waals surface area (Å²) in [4.78, 5) is 4.19. The smallest absolute Gasteiger partial charge is 0.220 e. The molecule has 1 aliphatic heterocycles. The highest BCUT2D eigenvalue weighted by molar-refractivity contribution is 5.97. The second-order valence-electron chi connectivity index (χ2n) is 5.09. The Morgan fingerprint density at radius 1 is 1.00 bits per heavy atom. The molecule has 0 amide bonds. The predicted octanol–water partition coefficient (Wildman–Crippen LogP) is 3.28. The van der Waals surface area contributed by atoms with Crippen LogP contribution in [-0.4, -0.2) is 18.0 Å². The molecule has 0 saturated carbocycles. The molecule has 0 aromatic heterocycles. The minimum atomic E-state index is -1.16. The van der Waals surface area contributed by atoms with Gasteiger partial charge < -0.3 is 4.74 Å². The summed E-state index contributed by atoms with van der Waals surface area (Å²) in [6.45, 7) is 6.43. The number of hydrogen-bond acceptors (Lipinski definition) is 2. The van der Waals surface area contributed by atoms with E-state index >= 15 is 0 Å². The van der Waals surface area contributed by atoms with Crippen LogP contribution in [0.1, 0.15) is 30.5 Å². The van der Waals surface area contributed by atoms with Crippen LogP contribution in [0, 0.1) is 31.3 Å². The van der Waals surface area contributed by atoms with Crippen LogP contribution in [0.15, 0.2) is 4.99 Å². The fraction of sp³-hybridized carbons (Fsp3) is 0.462. The molecule has 5 heteroatoms. The Hall–Kier alpha value is -1.52.